The first-order valence-electron chi connectivity index (χ1n) is 16.7. The Labute approximate surface area is 442 Å². The van der Waals surface area contributed by atoms with Gasteiger partial charge in [0, 0.05) is 0 Å². The van der Waals surface area contributed by atoms with Crippen LogP contribution in [0.4, 0.5) is 123 Å². The Kier molecular flexibility index (Phi) is 15.3. The number of hydrogen-bond acceptors (Lipinski definition) is 2. The average molecular weight is 1610 g/mol. The first-order chi connectivity index (χ1) is 31.7. The number of halogens is 36. The molecule has 2 N–H and O–H groups in total. The Hall–Kier alpha value is -1.52. The van der Waals surface area contributed by atoms with Gasteiger partial charge in [0.2, 0.25) is 0 Å². The lowest BCUT2D eigenvalue weighted by Crippen LogP contribution is -2.50. The molecule has 0 fully saturated rings. The largest absolute Gasteiger partial charge is 0.460 e. The van der Waals surface area contributed by atoms with Crippen molar-refractivity contribution in [3.05, 3.63) is 62.9 Å². The molecule has 0 amide bonds. The molecule has 0 radical (unpaired) electrons. The van der Waals surface area contributed by atoms with Crippen LogP contribution >= 0.6 is 127 Å². The standard InChI is InChI=1S/C32H2Br8F28N4/c33-5-7(35)15-2(22(43,44)26(51,52)30(60,61)62)17-9(37)11(39)19(71-17)4(24(47,48)28(55,56)32(66,67)68)20-12(40)10(38)18(72-20)3(23(45,46)27(53,54)31(63,64)65)16-8(36)6(34)14(70-16)1(13(5)69-15)21(41,42)25(49,50)29(57,58)59/h69,72H. The van der Waals surface area contributed by atoms with Crippen LogP contribution in [-0.4, -0.2) is 68.3 Å². The van der Waals surface area contributed by atoms with Gasteiger partial charge in [-0.25, -0.2) is 9.97 Å². The summed E-state index contributed by atoms with van der Waals surface area (Å²) in [6.45, 7) is 0. The fourth-order valence-electron chi connectivity index (χ4n) is 6.13. The fourth-order valence-corrected chi connectivity index (χ4v) is 10.0. The van der Waals surface area contributed by atoms with E-state index in [1.54, 1.807) is 0 Å². The molecule has 0 aliphatic carbocycles. The third kappa shape index (κ3) is 8.59. The fraction of sp³-hybridized carbons (Fsp3) is 0.375. The molecule has 2 aliphatic heterocycles. The molecule has 0 spiro atoms. The molecular weight excluding hydrogens is 1610 g/mol. The van der Waals surface area contributed by atoms with Crippen molar-refractivity contribution in [3.63, 3.8) is 0 Å². The van der Waals surface area contributed by atoms with Crippen molar-refractivity contribution < 1.29 is 123 Å². The van der Waals surface area contributed by atoms with Crippen molar-refractivity contribution in [1.82, 2.24) is 19.9 Å². The Morgan fingerprint density at radius 2 is 0.389 bits per heavy atom. The van der Waals surface area contributed by atoms with E-state index in [2.05, 4.69) is 137 Å². The molecule has 0 saturated heterocycles. The molecule has 72 heavy (non-hydrogen) atoms. The molecule has 0 aromatic carbocycles. The van der Waals surface area contributed by atoms with Crippen molar-refractivity contribution in [2.75, 3.05) is 0 Å². The summed E-state index contributed by atoms with van der Waals surface area (Å²) >= 11 is 17.2. The van der Waals surface area contributed by atoms with Crippen LogP contribution in [0.1, 0.15) is 45.0 Å². The summed E-state index contributed by atoms with van der Waals surface area (Å²) in [7, 11) is 0. The molecule has 40 heteroatoms. The van der Waals surface area contributed by atoms with Crippen LogP contribution in [0.25, 0.3) is 40.0 Å². The Balaban J connectivity index is 2.49. The highest BCUT2D eigenvalue weighted by atomic mass is 79.9. The Morgan fingerprint density at radius 1 is 0.250 bits per heavy atom. The average Bonchev–Trinajstić information content (AvgIpc) is 3.84. The predicted molar refractivity (Wildman–Crippen MR) is 221 cm³/mol. The zero-order valence-corrected chi connectivity index (χ0v) is 44.2. The van der Waals surface area contributed by atoms with Gasteiger partial charge in [0.25, 0.3) is 0 Å². The van der Waals surface area contributed by atoms with E-state index in [-0.39, 0.29) is 0 Å². The van der Waals surface area contributed by atoms with Gasteiger partial charge in [0.05, 0.1) is 103 Å². The predicted octanol–water partition coefficient (Wildman–Crippen LogP) is 19.8. The molecule has 5 heterocycles. The van der Waals surface area contributed by atoms with Crippen LogP contribution in [0.2, 0.25) is 0 Å². The summed E-state index contributed by atoms with van der Waals surface area (Å²) in [6, 6.07) is 0. The second-order valence-corrected chi connectivity index (χ2v) is 20.3. The summed E-state index contributed by atoms with van der Waals surface area (Å²) in [5, 5.41) is 0. The number of nitrogens with zero attached hydrogens (tertiary/aromatic N) is 2. The van der Waals surface area contributed by atoms with E-state index < -0.39 is 175 Å². The maximum absolute atomic E-state index is 16.4. The Bertz CT molecular complexity index is 2640. The highest BCUT2D eigenvalue weighted by Gasteiger charge is 2.78. The zero-order chi connectivity index (χ0) is 56.4. The van der Waals surface area contributed by atoms with Crippen LogP contribution in [0.15, 0.2) is 17.9 Å². The molecular formula is C32H2Br8F28N4. The third-order valence-corrected chi connectivity index (χ3v) is 18.0. The van der Waals surface area contributed by atoms with Crippen molar-refractivity contribution in [2.24, 2.45) is 0 Å². The number of fused-ring (bicyclic) bond motifs is 8. The molecule has 5 rings (SSSR count). The third-order valence-electron chi connectivity index (χ3n) is 9.63. The van der Waals surface area contributed by atoms with Gasteiger partial charge in [0.1, 0.15) is 0 Å². The molecule has 4 nitrogen and oxygen atoms in total. The van der Waals surface area contributed by atoms with Crippen LogP contribution in [0.3, 0.4) is 0 Å². The maximum Gasteiger partial charge on any atom is 0.460 e. The van der Waals surface area contributed by atoms with Gasteiger partial charge in [-0.3, -0.25) is 0 Å². The van der Waals surface area contributed by atoms with E-state index in [1.807, 2.05) is 0 Å². The number of aromatic amines is 2. The summed E-state index contributed by atoms with van der Waals surface area (Å²) in [5.41, 5.74) is -33.4. The minimum absolute atomic E-state index is 1.02. The van der Waals surface area contributed by atoms with E-state index >= 15 is 70.2 Å². The van der Waals surface area contributed by atoms with E-state index in [4.69, 9.17) is 0 Å². The highest BCUT2D eigenvalue weighted by molar-refractivity contribution is 9.18. The van der Waals surface area contributed by atoms with Gasteiger partial charge in [-0.2, -0.15) is 123 Å². The first kappa shape index (κ1) is 61.3. The van der Waals surface area contributed by atoms with E-state index in [9.17, 15) is 52.7 Å². The minimum atomic E-state index is -7.65. The number of aromatic nitrogens is 4. The summed E-state index contributed by atoms with van der Waals surface area (Å²) in [4.78, 5) is 7.72. The highest BCUT2D eigenvalue weighted by Crippen LogP contribution is 2.63. The summed E-state index contributed by atoms with van der Waals surface area (Å²) in [6.07, 6.45) is -30.3. The SMILES string of the molecule is FC(F)(F)C(F)(F)C(F)(F)c1c2nc(c(C(F)(F)C(F)(F)C(F)(F)F)c3[nH]c(c(Br)c3Br)c(C(F)(F)C(F)(F)C(F)(F)F)c3nc(c(C(F)(F)C(F)(F)C(F)(F)F)c4[nH]c1c(Br)c4Br)C(Br)=C3Br)C(Br)=C2Br. The van der Waals surface area contributed by atoms with Gasteiger partial charge < -0.3 is 9.97 Å². The lowest BCUT2D eigenvalue weighted by atomic mass is 9.99. The van der Waals surface area contributed by atoms with E-state index in [0.29, 0.717) is 0 Å². The molecule has 0 atom stereocenters. The number of H-pyrrole nitrogens is 2. The number of alkyl halides is 28. The van der Waals surface area contributed by atoms with Crippen molar-refractivity contribution in [1.29, 1.82) is 0 Å². The monoisotopic (exact) mass is 1610 g/mol. The normalized spacial score (nSPS) is 15.9. The molecule has 2 aliphatic rings. The maximum atomic E-state index is 16.4. The summed E-state index contributed by atoms with van der Waals surface area (Å²) < 4.78 is 404. The number of rotatable bonds is 8. The van der Waals surface area contributed by atoms with Crippen molar-refractivity contribution in [2.45, 2.75) is 72.1 Å². The van der Waals surface area contributed by atoms with Gasteiger partial charge in [-0.1, -0.05) is 0 Å². The zero-order valence-electron chi connectivity index (χ0n) is 31.5. The van der Waals surface area contributed by atoms with Gasteiger partial charge in [0.15, 0.2) is 0 Å². The Morgan fingerprint density at radius 3 is 0.514 bits per heavy atom. The lowest BCUT2D eigenvalue weighted by molar-refractivity contribution is -0.359. The van der Waals surface area contributed by atoms with Crippen molar-refractivity contribution in [3.8, 4) is 0 Å². The molecule has 8 bridgehead atoms. The van der Waals surface area contributed by atoms with Crippen LogP contribution in [0, 0.1) is 0 Å². The molecule has 3 aromatic heterocycles. The second-order valence-electron chi connectivity index (χ2n) is 14.0. The molecule has 3 aromatic rings. The quantitative estimate of drug-likeness (QED) is 0.221. The molecule has 0 saturated carbocycles. The van der Waals surface area contributed by atoms with Gasteiger partial charge >= 0.3 is 72.1 Å². The second kappa shape index (κ2) is 18.0. The lowest BCUT2D eigenvalue weighted by Gasteiger charge is -2.29. The number of nitrogens with one attached hydrogen (secondary N) is 2. The van der Waals surface area contributed by atoms with E-state index in [1.165, 1.54) is 0 Å². The number of hydrogen-bond donors (Lipinski definition) is 2. The molecule has 402 valence electrons. The van der Waals surface area contributed by atoms with Crippen LogP contribution < -0.4 is 0 Å². The van der Waals surface area contributed by atoms with Crippen LogP contribution in [-0.2, 0) is 23.7 Å². The summed E-state index contributed by atoms with van der Waals surface area (Å²) in [5.74, 6) is -59.5. The molecule has 0 unspecified atom stereocenters. The van der Waals surface area contributed by atoms with E-state index in [0.717, 1.165) is 9.97 Å². The topological polar surface area (TPSA) is 57.4 Å². The smallest absolute Gasteiger partial charge is 0.353 e. The minimum Gasteiger partial charge on any atom is -0.353 e. The first-order valence-corrected chi connectivity index (χ1v) is 23.0. The van der Waals surface area contributed by atoms with Gasteiger partial charge in [-0.15, -0.1) is 0 Å². The van der Waals surface area contributed by atoms with Gasteiger partial charge in [-0.05, 0) is 127 Å². The van der Waals surface area contributed by atoms with Crippen LogP contribution in [0.5, 0.6) is 0 Å². The van der Waals surface area contributed by atoms with Crippen molar-refractivity contribution >= 4 is 167 Å².